The Morgan fingerprint density at radius 2 is 2.12 bits per heavy atom. The van der Waals surface area contributed by atoms with Gasteiger partial charge in [0.1, 0.15) is 11.5 Å². The van der Waals surface area contributed by atoms with Gasteiger partial charge in [-0.15, -0.1) is 0 Å². The van der Waals surface area contributed by atoms with Crippen molar-refractivity contribution >= 4 is 5.65 Å². The van der Waals surface area contributed by atoms with Gasteiger partial charge in [-0.1, -0.05) is 6.07 Å². The van der Waals surface area contributed by atoms with Crippen LogP contribution in [-0.4, -0.2) is 36.9 Å². The summed E-state index contributed by atoms with van der Waals surface area (Å²) in [5.41, 5.74) is 5.24. The second-order valence-corrected chi connectivity index (χ2v) is 7.48. The van der Waals surface area contributed by atoms with Crippen LogP contribution < -0.4 is 0 Å². The van der Waals surface area contributed by atoms with E-state index in [1.165, 1.54) is 55.0 Å². The molecule has 1 aliphatic heterocycles. The summed E-state index contributed by atoms with van der Waals surface area (Å²) in [5.74, 6) is 1.22. The smallest absolute Gasteiger partial charge is 0.136 e. The Morgan fingerprint density at radius 3 is 3.08 bits per heavy atom. The number of imidazole rings is 2. The lowest BCUT2D eigenvalue weighted by Crippen LogP contribution is -2.23. The molecule has 1 saturated heterocycles. The molecule has 1 atom stereocenters. The number of likely N-dealkylation sites (tertiary alicyclic amines) is 1. The highest BCUT2D eigenvalue weighted by Crippen LogP contribution is 2.30. The Kier molecular flexibility index (Phi) is 3.63. The fraction of sp³-hybridized carbons (Fsp3) is 0.500. The van der Waals surface area contributed by atoms with Gasteiger partial charge >= 0.3 is 0 Å². The van der Waals surface area contributed by atoms with Gasteiger partial charge in [0, 0.05) is 49.5 Å². The number of nitrogens with zero attached hydrogens (tertiary/aromatic N) is 5. The summed E-state index contributed by atoms with van der Waals surface area (Å²) >= 11 is 0. The van der Waals surface area contributed by atoms with Gasteiger partial charge in [-0.05, 0) is 51.2 Å². The van der Waals surface area contributed by atoms with Crippen molar-refractivity contribution in [1.82, 2.24) is 23.8 Å². The van der Waals surface area contributed by atoms with E-state index in [9.17, 15) is 0 Å². The number of fused-ring (bicyclic) bond motifs is 2. The lowest BCUT2D eigenvalue weighted by Gasteiger charge is -2.21. The van der Waals surface area contributed by atoms with Gasteiger partial charge in [0.15, 0.2) is 0 Å². The third-order valence-electron chi connectivity index (χ3n) is 5.86. The Labute approximate surface area is 148 Å². The monoisotopic (exact) mass is 335 g/mol. The molecule has 0 radical (unpaired) electrons. The molecule has 1 fully saturated rings. The van der Waals surface area contributed by atoms with Crippen molar-refractivity contribution in [1.29, 1.82) is 0 Å². The molecule has 130 valence electrons. The van der Waals surface area contributed by atoms with Crippen LogP contribution in [0.3, 0.4) is 0 Å². The zero-order valence-corrected chi connectivity index (χ0v) is 14.9. The van der Waals surface area contributed by atoms with Crippen molar-refractivity contribution < 1.29 is 0 Å². The van der Waals surface area contributed by atoms with Gasteiger partial charge in [0.05, 0.1) is 5.69 Å². The average Bonchev–Trinajstić information content (AvgIpc) is 3.32. The van der Waals surface area contributed by atoms with E-state index in [1.807, 2.05) is 6.20 Å². The average molecular weight is 335 g/mol. The van der Waals surface area contributed by atoms with Gasteiger partial charge in [-0.3, -0.25) is 4.90 Å². The maximum Gasteiger partial charge on any atom is 0.136 e. The molecule has 0 unspecified atom stereocenters. The molecule has 0 spiro atoms. The van der Waals surface area contributed by atoms with Crippen LogP contribution in [0.1, 0.15) is 48.2 Å². The van der Waals surface area contributed by atoms with Crippen LogP contribution >= 0.6 is 0 Å². The SMILES string of the molecule is Cc1nc2c(n1[C@@H]1CCN(Cc3cccc4nccn34)C1)CCCC2. The van der Waals surface area contributed by atoms with Gasteiger partial charge in [-0.25, -0.2) is 9.97 Å². The predicted octanol–water partition coefficient (Wildman–Crippen LogP) is 3.17. The molecule has 0 bridgehead atoms. The fourth-order valence-corrected chi connectivity index (χ4v) is 4.71. The van der Waals surface area contributed by atoms with E-state index >= 15 is 0 Å². The Hall–Kier alpha value is -2.14. The van der Waals surface area contributed by atoms with Gasteiger partial charge in [-0.2, -0.15) is 0 Å². The number of aromatic nitrogens is 4. The molecule has 2 aliphatic rings. The highest BCUT2D eigenvalue weighted by Gasteiger charge is 2.29. The first-order valence-electron chi connectivity index (χ1n) is 9.49. The van der Waals surface area contributed by atoms with E-state index in [-0.39, 0.29) is 0 Å². The van der Waals surface area contributed by atoms with Crippen LogP contribution in [0.25, 0.3) is 5.65 Å². The van der Waals surface area contributed by atoms with Crippen LogP contribution in [0.2, 0.25) is 0 Å². The normalized spacial score (nSPS) is 21.1. The first kappa shape index (κ1) is 15.1. The molecular formula is C20H25N5. The quantitative estimate of drug-likeness (QED) is 0.738. The molecule has 3 aromatic heterocycles. The van der Waals surface area contributed by atoms with E-state index in [1.54, 1.807) is 0 Å². The largest absolute Gasteiger partial charge is 0.328 e. The maximum absolute atomic E-state index is 4.87. The van der Waals surface area contributed by atoms with Crippen molar-refractivity contribution in [2.75, 3.05) is 13.1 Å². The highest BCUT2D eigenvalue weighted by molar-refractivity contribution is 5.39. The number of hydrogen-bond acceptors (Lipinski definition) is 3. The van der Waals surface area contributed by atoms with E-state index in [4.69, 9.17) is 4.98 Å². The van der Waals surface area contributed by atoms with Gasteiger partial charge in [0.25, 0.3) is 0 Å². The van der Waals surface area contributed by atoms with E-state index in [0.717, 1.165) is 25.3 Å². The summed E-state index contributed by atoms with van der Waals surface area (Å²) in [6.45, 7) is 5.45. The molecular weight excluding hydrogens is 310 g/mol. The number of rotatable bonds is 3. The summed E-state index contributed by atoms with van der Waals surface area (Å²) in [5, 5.41) is 0. The second kappa shape index (κ2) is 5.99. The number of aryl methyl sites for hydroxylation is 2. The summed E-state index contributed by atoms with van der Waals surface area (Å²) in [6.07, 6.45) is 10.2. The topological polar surface area (TPSA) is 38.4 Å². The Morgan fingerprint density at radius 1 is 1.20 bits per heavy atom. The fourth-order valence-electron chi connectivity index (χ4n) is 4.71. The van der Waals surface area contributed by atoms with Crippen LogP contribution in [0.4, 0.5) is 0 Å². The zero-order chi connectivity index (χ0) is 16.8. The molecule has 5 heteroatoms. The van der Waals surface area contributed by atoms with Crippen LogP contribution in [0.15, 0.2) is 30.6 Å². The highest BCUT2D eigenvalue weighted by atomic mass is 15.2. The van der Waals surface area contributed by atoms with E-state index < -0.39 is 0 Å². The maximum atomic E-state index is 4.87. The molecule has 4 heterocycles. The van der Waals surface area contributed by atoms with Gasteiger partial charge < -0.3 is 8.97 Å². The first-order valence-corrected chi connectivity index (χ1v) is 9.49. The third kappa shape index (κ3) is 2.58. The number of hydrogen-bond donors (Lipinski definition) is 0. The minimum atomic E-state index is 0.580. The number of pyridine rings is 1. The van der Waals surface area contributed by atoms with E-state index in [2.05, 4.69) is 50.2 Å². The minimum absolute atomic E-state index is 0.580. The third-order valence-corrected chi connectivity index (χ3v) is 5.86. The van der Waals surface area contributed by atoms with Crippen LogP contribution in [0.5, 0.6) is 0 Å². The van der Waals surface area contributed by atoms with E-state index in [0.29, 0.717) is 6.04 Å². The Bertz CT molecular complexity index is 906. The van der Waals surface area contributed by atoms with Crippen molar-refractivity contribution in [3.8, 4) is 0 Å². The van der Waals surface area contributed by atoms with Crippen molar-refractivity contribution in [3.05, 3.63) is 53.5 Å². The summed E-state index contributed by atoms with van der Waals surface area (Å²) in [4.78, 5) is 11.8. The summed E-state index contributed by atoms with van der Waals surface area (Å²) in [7, 11) is 0. The van der Waals surface area contributed by atoms with Crippen LogP contribution in [0, 0.1) is 6.92 Å². The molecule has 1 aliphatic carbocycles. The zero-order valence-electron chi connectivity index (χ0n) is 14.9. The second-order valence-electron chi connectivity index (χ2n) is 7.48. The van der Waals surface area contributed by atoms with Crippen molar-refractivity contribution in [2.24, 2.45) is 0 Å². The molecule has 0 aromatic carbocycles. The lowest BCUT2D eigenvalue weighted by atomic mass is 10.0. The molecule has 0 N–H and O–H groups in total. The molecule has 25 heavy (non-hydrogen) atoms. The van der Waals surface area contributed by atoms with Crippen molar-refractivity contribution in [2.45, 2.75) is 51.6 Å². The summed E-state index contributed by atoms with van der Waals surface area (Å²) < 4.78 is 4.77. The standard InChI is InChI=1S/C20H25N5/c1-15-22-18-6-2-3-7-19(18)25(15)17-9-11-23(14-17)13-16-5-4-8-20-21-10-12-24(16)20/h4-5,8,10,12,17H,2-3,6-7,9,11,13-14H2,1H3/t17-/m1/s1. The van der Waals surface area contributed by atoms with Gasteiger partial charge in [0.2, 0.25) is 0 Å². The first-order chi connectivity index (χ1) is 12.3. The lowest BCUT2D eigenvalue weighted by molar-refractivity contribution is 0.309. The molecule has 0 saturated carbocycles. The molecule has 5 nitrogen and oxygen atoms in total. The molecule has 5 rings (SSSR count). The Balaban J connectivity index is 1.37. The summed E-state index contributed by atoms with van der Waals surface area (Å²) in [6, 6.07) is 6.97. The predicted molar refractivity (Wildman–Crippen MR) is 97.7 cm³/mol. The molecule has 0 amide bonds. The van der Waals surface area contributed by atoms with Crippen LogP contribution in [-0.2, 0) is 19.4 Å². The minimum Gasteiger partial charge on any atom is -0.328 e. The molecule has 3 aromatic rings. The van der Waals surface area contributed by atoms with Crippen molar-refractivity contribution in [3.63, 3.8) is 0 Å².